The Morgan fingerprint density at radius 1 is 0.276 bits per heavy atom. The van der Waals surface area contributed by atoms with Crippen LogP contribution in [0.25, 0.3) is 0 Å². The Bertz CT molecular complexity index is 269. The van der Waals surface area contributed by atoms with Crippen molar-refractivity contribution < 1.29 is 0 Å². The maximum absolute atomic E-state index is 2.35. The van der Waals surface area contributed by atoms with Crippen molar-refractivity contribution in [3.63, 3.8) is 0 Å². The molecular formula is C29H60. The van der Waals surface area contributed by atoms with Crippen LogP contribution >= 0.6 is 0 Å². The molecule has 0 nitrogen and oxygen atoms in total. The Hall–Kier alpha value is 0. The summed E-state index contributed by atoms with van der Waals surface area (Å²) in [5.41, 5.74) is 0. The monoisotopic (exact) mass is 408 g/mol. The van der Waals surface area contributed by atoms with Gasteiger partial charge in [-0.05, 0) is 5.92 Å². The molecule has 0 aromatic rings. The Balaban J connectivity index is 3.28. The average molecular weight is 409 g/mol. The van der Waals surface area contributed by atoms with E-state index in [1.165, 1.54) is 161 Å². The van der Waals surface area contributed by atoms with Crippen molar-refractivity contribution in [3.05, 3.63) is 0 Å². The zero-order valence-corrected chi connectivity index (χ0v) is 21.3. The van der Waals surface area contributed by atoms with E-state index >= 15 is 0 Å². The highest BCUT2D eigenvalue weighted by Gasteiger charge is 2.07. The van der Waals surface area contributed by atoms with Crippen LogP contribution in [-0.2, 0) is 0 Å². The molecule has 0 aliphatic heterocycles. The first kappa shape index (κ1) is 29.0. The molecule has 0 heteroatoms. The lowest BCUT2D eigenvalue weighted by molar-refractivity contribution is 0.373. The van der Waals surface area contributed by atoms with Gasteiger partial charge in [0, 0.05) is 0 Å². The minimum Gasteiger partial charge on any atom is -0.0654 e. The molecule has 0 heterocycles. The molecule has 0 radical (unpaired) electrons. The summed E-state index contributed by atoms with van der Waals surface area (Å²) < 4.78 is 0. The highest BCUT2D eigenvalue weighted by molar-refractivity contribution is 4.61. The number of unbranched alkanes of at least 4 members (excludes halogenated alkanes) is 19. The molecule has 0 N–H and O–H groups in total. The van der Waals surface area contributed by atoms with Crippen molar-refractivity contribution in [3.8, 4) is 0 Å². The fraction of sp³-hybridized carbons (Fsp3) is 1.00. The van der Waals surface area contributed by atoms with Crippen LogP contribution in [0.4, 0.5) is 0 Å². The number of hydrogen-bond acceptors (Lipinski definition) is 0. The van der Waals surface area contributed by atoms with Crippen molar-refractivity contribution in [2.24, 2.45) is 5.92 Å². The first-order valence-electron chi connectivity index (χ1n) is 14.3. The molecule has 29 heavy (non-hydrogen) atoms. The number of hydrogen-bond donors (Lipinski definition) is 0. The van der Waals surface area contributed by atoms with Crippen LogP contribution in [0.15, 0.2) is 0 Å². The maximum Gasteiger partial charge on any atom is -0.0414 e. The van der Waals surface area contributed by atoms with E-state index in [0.717, 1.165) is 5.92 Å². The lowest BCUT2D eigenvalue weighted by Crippen LogP contribution is -2.01. The van der Waals surface area contributed by atoms with Gasteiger partial charge in [0.05, 0.1) is 0 Å². The van der Waals surface area contributed by atoms with Crippen LogP contribution < -0.4 is 0 Å². The average Bonchev–Trinajstić information content (AvgIpc) is 2.73. The highest BCUT2D eigenvalue weighted by atomic mass is 14.1. The van der Waals surface area contributed by atoms with Crippen LogP contribution in [0.5, 0.6) is 0 Å². The predicted octanol–water partition coefficient (Wildman–Crippen LogP) is 11.4. The first-order chi connectivity index (χ1) is 14.3. The van der Waals surface area contributed by atoms with Gasteiger partial charge in [-0.3, -0.25) is 0 Å². The maximum atomic E-state index is 2.35. The van der Waals surface area contributed by atoms with Crippen LogP contribution in [0.3, 0.4) is 0 Å². The third-order valence-corrected chi connectivity index (χ3v) is 6.90. The van der Waals surface area contributed by atoms with Crippen LogP contribution in [0, 0.1) is 5.92 Å². The standard InChI is InChI=1S/C29H60/c1-4-7-10-11-12-13-14-15-16-17-18-19-20-21-22-23-25-28-29(26-9-6-3)27-24-8-5-2/h29H,4-28H2,1-3H3. The van der Waals surface area contributed by atoms with Gasteiger partial charge in [0.25, 0.3) is 0 Å². The molecule has 0 aliphatic rings. The molecule has 1 unspecified atom stereocenters. The van der Waals surface area contributed by atoms with Gasteiger partial charge in [-0.2, -0.15) is 0 Å². The second-order valence-electron chi connectivity index (χ2n) is 9.95. The van der Waals surface area contributed by atoms with Gasteiger partial charge in [0.2, 0.25) is 0 Å². The summed E-state index contributed by atoms with van der Waals surface area (Å²) in [6, 6.07) is 0. The zero-order valence-electron chi connectivity index (χ0n) is 21.3. The molecule has 0 bridgehead atoms. The highest BCUT2D eigenvalue weighted by Crippen LogP contribution is 2.23. The van der Waals surface area contributed by atoms with E-state index in [-0.39, 0.29) is 0 Å². The van der Waals surface area contributed by atoms with E-state index in [1.54, 1.807) is 0 Å². The molecule has 0 amide bonds. The van der Waals surface area contributed by atoms with Gasteiger partial charge < -0.3 is 0 Å². The van der Waals surface area contributed by atoms with E-state index in [1.807, 2.05) is 0 Å². The molecule has 1 atom stereocenters. The summed E-state index contributed by atoms with van der Waals surface area (Å²) in [6.45, 7) is 6.98. The van der Waals surface area contributed by atoms with E-state index in [2.05, 4.69) is 20.8 Å². The second-order valence-corrected chi connectivity index (χ2v) is 9.95. The summed E-state index contributed by atoms with van der Waals surface area (Å²) in [5.74, 6) is 1.04. The summed E-state index contributed by atoms with van der Waals surface area (Å²) in [7, 11) is 0. The smallest absolute Gasteiger partial charge is 0.0414 e. The normalized spacial score (nSPS) is 12.5. The first-order valence-corrected chi connectivity index (χ1v) is 14.3. The fourth-order valence-electron chi connectivity index (χ4n) is 4.77. The third-order valence-electron chi connectivity index (χ3n) is 6.90. The van der Waals surface area contributed by atoms with E-state index in [4.69, 9.17) is 0 Å². The fourth-order valence-corrected chi connectivity index (χ4v) is 4.77. The molecule has 0 spiro atoms. The minimum atomic E-state index is 1.04. The molecule has 0 fully saturated rings. The van der Waals surface area contributed by atoms with Gasteiger partial charge in [-0.25, -0.2) is 0 Å². The van der Waals surface area contributed by atoms with Crippen molar-refractivity contribution in [2.45, 2.75) is 181 Å². The Morgan fingerprint density at radius 3 is 0.897 bits per heavy atom. The summed E-state index contributed by atoms with van der Waals surface area (Å²) in [6.07, 6.45) is 36.8. The van der Waals surface area contributed by atoms with Gasteiger partial charge in [0.1, 0.15) is 0 Å². The van der Waals surface area contributed by atoms with Gasteiger partial charge in [-0.15, -0.1) is 0 Å². The molecule has 0 aromatic heterocycles. The van der Waals surface area contributed by atoms with Crippen molar-refractivity contribution >= 4 is 0 Å². The molecule has 0 aliphatic carbocycles. The van der Waals surface area contributed by atoms with Crippen molar-refractivity contribution in [2.75, 3.05) is 0 Å². The van der Waals surface area contributed by atoms with Gasteiger partial charge >= 0.3 is 0 Å². The van der Waals surface area contributed by atoms with E-state index in [9.17, 15) is 0 Å². The number of rotatable bonds is 25. The predicted molar refractivity (Wildman–Crippen MR) is 136 cm³/mol. The Morgan fingerprint density at radius 2 is 0.517 bits per heavy atom. The molecule has 0 rings (SSSR count). The molecule has 0 aromatic carbocycles. The van der Waals surface area contributed by atoms with Gasteiger partial charge in [0.15, 0.2) is 0 Å². The van der Waals surface area contributed by atoms with Gasteiger partial charge in [-0.1, -0.05) is 181 Å². The molecule has 0 saturated carbocycles. The molecule has 176 valence electrons. The van der Waals surface area contributed by atoms with E-state index < -0.39 is 0 Å². The lowest BCUT2D eigenvalue weighted by Gasteiger charge is -2.16. The summed E-state index contributed by atoms with van der Waals surface area (Å²) in [4.78, 5) is 0. The third kappa shape index (κ3) is 24.1. The van der Waals surface area contributed by atoms with Crippen LogP contribution in [0.1, 0.15) is 181 Å². The van der Waals surface area contributed by atoms with Crippen molar-refractivity contribution in [1.29, 1.82) is 0 Å². The second kappa shape index (κ2) is 26.0. The van der Waals surface area contributed by atoms with Crippen LogP contribution in [-0.4, -0.2) is 0 Å². The minimum absolute atomic E-state index is 1.04. The quantitative estimate of drug-likeness (QED) is 0.132. The largest absolute Gasteiger partial charge is 0.0654 e. The summed E-state index contributed by atoms with van der Waals surface area (Å²) >= 11 is 0. The Kier molecular flexibility index (Phi) is 26.0. The molecule has 0 saturated heterocycles. The Labute approximate surface area is 187 Å². The SMILES string of the molecule is CCCCCCCCCCCCCCCCCCCC(CCCC)CCCCC. The summed E-state index contributed by atoms with van der Waals surface area (Å²) in [5, 5.41) is 0. The molecular weight excluding hydrogens is 348 g/mol. The lowest BCUT2D eigenvalue weighted by atomic mass is 9.90. The topological polar surface area (TPSA) is 0 Å². The van der Waals surface area contributed by atoms with Crippen LogP contribution in [0.2, 0.25) is 0 Å². The zero-order chi connectivity index (χ0) is 21.3. The van der Waals surface area contributed by atoms with E-state index in [0.29, 0.717) is 0 Å². The van der Waals surface area contributed by atoms with Crippen molar-refractivity contribution in [1.82, 2.24) is 0 Å².